The zero-order valence-corrected chi connectivity index (χ0v) is 4.26. The molecule has 0 heterocycles. The smallest absolute Gasteiger partial charge is 0.0231 e. The second-order valence-corrected chi connectivity index (χ2v) is 1.42. The quantitative estimate of drug-likeness (QED) is 0.351. The van der Waals surface area contributed by atoms with Crippen molar-refractivity contribution in [2.75, 3.05) is 5.75 Å². The first-order valence-corrected chi connectivity index (χ1v) is 2.51. The monoisotopic (exact) mass is 89.0 g/mol. The maximum atomic E-state index is 3.87. The van der Waals surface area contributed by atoms with Gasteiger partial charge in [0, 0.05) is 10.2 Å². The molecule has 0 aromatic heterocycles. The van der Waals surface area contributed by atoms with E-state index in [1.54, 1.807) is 0 Å². The summed E-state index contributed by atoms with van der Waals surface area (Å²) in [7, 11) is 3.21. The molecule has 0 amide bonds. The highest BCUT2D eigenvalue weighted by molar-refractivity contribution is 7.80. The molecule has 0 fully saturated rings. The van der Waals surface area contributed by atoms with E-state index in [9.17, 15) is 0 Å². The van der Waals surface area contributed by atoms with Crippen LogP contribution in [0.1, 0.15) is 0 Å². The Morgan fingerprint density at radius 2 is 2.00 bits per heavy atom. The van der Waals surface area contributed by atoms with Gasteiger partial charge in [-0.3, -0.25) is 0 Å². The fourth-order valence-electron chi connectivity index (χ4n) is 0. The van der Waals surface area contributed by atoms with Gasteiger partial charge in [-0.1, -0.05) is 6.04 Å². The lowest BCUT2D eigenvalue weighted by molar-refractivity contribution is 1.52. The molecule has 0 aliphatic carbocycles. The van der Waals surface area contributed by atoms with Gasteiger partial charge in [-0.25, -0.2) is 0 Å². The lowest BCUT2D eigenvalue weighted by atomic mass is 11.0. The van der Waals surface area contributed by atoms with Gasteiger partial charge >= 0.3 is 0 Å². The highest BCUT2D eigenvalue weighted by Crippen LogP contribution is 1.71. The summed E-state index contributed by atoms with van der Waals surface area (Å²) in [6.07, 6.45) is 0. The van der Waals surface area contributed by atoms with Crippen LogP contribution in [0.15, 0.2) is 0 Å². The van der Waals surface area contributed by atoms with Crippen molar-refractivity contribution in [2.45, 2.75) is 6.04 Å². The Balaban J connectivity index is 1.97. The molecular formula is C2H5SSi. The van der Waals surface area contributed by atoms with Gasteiger partial charge in [0.05, 0.1) is 0 Å². The molecule has 0 unspecified atom stereocenters. The molecule has 23 valence electrons. The summed E-state index contributed by atoms with van der Waals surface area (Å²) in [5.74, 6) is 0.927. The van der Waals surface area contributed by atoms with Crippen LogP contribution in [0.4, 0.5) is 0 Å². The molecule has 0 saturated carbocycles. The Kier molecular flexibility index (Phi) is 4.07. The van der Waals surface area contributed by atoms with Crippen molar-refractivity contribution in [3.8, 4) is 0 Å². The number of hydrogen-bond acceptors (Lipinski definition) is 1. The molecule has 0 rings (SSSR count). The molecule has 3 radical (unpaired) electrons. The molecule has 2 heteroatoms. The van der Waals surface area contributed by atoms with Crippen LogP contribution in [0.25, 0.3) is 0 Å². The average Bonchev–Trinajstić information content (AvgIpc) is 1.37. The maximum absolute atomic E-state index is 3.87. The van der Waals surface area contributed by atoms with Crippen LogP contribution >= 0.6 is 12.6 Å². The summed E-state index contributed by atoms with van der Waals surface area (Å²) >= 11 is 3.87. The summed E-state index contributed by atoms with van der Waals surface area (Å²) in [4.78, 5) is 0. The normalized spacial score (nSPS) is 7.50. The Bertz CT molecular complexity index is 8.00. The van der Waals surface area contributed by atoms with E-state index in [2.05, 4.69) is 22.9 Å². The van der Waals surface area contributed by atoms with Gasteiger partial charge < -0.3 is 0 Å². The molecule has 0 atom stereocenters. The molecule has 0 saturated heterocycles. The van der Waals surface area contributed by atoms with E-state index in [4.69, 9.17) is 0 Å². The van der Waals surface area contributed by atoms with Crippen LogP contribution < -0.4 is 0 Å². The molecule has 0 spiro atoms. The Hall–Kier alpha value is 0.567. The van der Waals surface area contributed by atoms with Gasteiger partial charge in [0.1, 0.15) is 0 Å². The summed E-state index contributed by atoms with van der Waals surface area (Å²) in [6, 6.07) is 0.989. The first-order valence-electron chi connectivity index (χ1n) is 1.17. The highest BCUT2D eigenvalue weighted by atomic mass is 32.1. The summed E-state index contributed by atoms with van der Waals surface area (Å²) < 4.78 is 0. The minimum atomic E-state index is 0.927. The van der Waals surface area contributed by atoms with Crippen molar-refractivity contribution in [1.29, 1.82) is 0 Å². The van der Waals surface area contributed by atoms with Crippen LogP contribution in [0.5, 0.6) is 0 Å². The predicted octanol–water partition coefficient (Wildman–Crippen LogP) is 0.503. The van der Waals surface area contributed by atoms with Crippen LogP contribution in [-0.2, 0) is 0 Å². The van der Waals surface area contributed by atoms with Crippen LogP contribution in [-0.4, -0.2) is 16.0 Å². The van der Waals surface area contributed by atoms with E-state index in [-0.39, 0.29) is 0 Å². The topological polar surface area (TPSA) is 0 Å². The second-order valence-electron chi connectivity index (χ2n) is 0.474. The fraction of sp³-hybridized carbons (Fsp3) is 1.00. The van der Waals surface area contributed by atoms with Crippen molar-refractivity contribution < 1.29 is 0 Å². The molecule has 0 nitrogen and oxygen atoms in total. The van der Waals surface area contributed by atoms with Crippen LogP contribution in [0.2, 0.25) is 6.04 Å². The van der Waals surface area contributed by atoms with Crippen LogP contribution in [0, 0.1) is 0 Å². The molecule has 0 N–H and O–H groups in total. The number of thiol groups is 1. The Morgan fingerprint density at radius 1 is 1.75 bits per heavy atom. The first-order chi connectivity index (χ1) is 1.91. The van der Waals surface area contributed by atoms with Crippen molar-refractivity contribution in [2.24, 2.45) is 0 Å². The SMILES string of the molecule is [Si]CCS. The molecule has 0 bridgehead atoms. The second kappa shape index (κ2) is 3.57. The van der Waals surface area contributed by atoms with Crippen LogP contribution in [0.3, 0.4) is 0 Å². The van der Waals surface area contributed by atoms with E-state index in [0.29, 0.717) is 0 Å². The number of rotatable bonds is 1. The summed E-state index contributed by atoms with van der Waals surface area (Å²) in [6.45, 7) is 0. The van der Waals surface area contributed by atoms with E-state index in [1.807, 2.05) is 0 Å². The van der Waals surface area contributed by atoms with Gasteiger partial charge in [0.25, 0.3) is 0 Å². The van der Waals surface area contributed by atoms with Gasteiger partial charge in [-0.2, -0.15) is 12.6 Å². The third kappa shape index (κ3) is 2.57. The lowest BCUT2D eigenvalue weighted by Crippen LogP contribution is -1.62. The summed E-state index contributed by atoms with van der Waals surface area (Å²) in [5.41, 5.74) is 0. The van der Waals surface area contributed by atoms with Gasteiger partial charge in [-0.05, 0) is 5.75 Å². The van der Waals surface area contributed by atoms with Crippen molar-refractivity contribution in [3.63, 3.8) is 0 Å². The molecular weight excluding hydrogens is 84.2 g/mol. The minimum absolute atomic E-state index is 0.927. The average molecular weight is 89.2 g/mol. The van der Waals surface area contributed by atoms with E-state index < -0.39 is 0 Å². The predicted molar refractivity (Wildman–Crippen MR) is 24.4 cm³/mol. The zero-order chi connectivity index (χ0) is 3.41. The largest absolute Gasteiger partial charge is 0.180 e. The number of hydrogen-bond donors (Lipinski definition) is 1. The Morgan fingerprint density at radius 3 is 2.00 bits per heavy atom. The summed E-state index contributed by atoms with van der Waals surface area (Å²) in [5, 5.41) is 0. The molecule has 0 aliphatic heterocycles. The first kappa shape index (κ1) is 4.57. The zero-order valence-electron chi connectivity index (χ0n) is 2.36. The highest BCUT2D eigenvalue weighted by Gasteiger charge is 1.57. The fourth-order valence-corrected chi connectivity index (χ4v) is 0. The van der Waals surface area contributed by atoms with E-state index in [0.717, 1.165) is 11.8 Å². The van der Waals surface area contributed by atoms with Crippen molar-refractivity contribution in [1.82, 2.24) is 0 Å². The maximum Gasteiger partial charge on any atom is 0.0231 e. The Labute approximate surface area is 35.4 Å². The third-order valence-corrected chi connectivity index (χ3v) is 1.01. The van der Waals surface area contributed by atoms with E-state index >= 15 is 0 Å². The lowest BCUT2D eigenvalue weighted by Gasteiger charge is -1.67. The molecule has 0 aromatic rings. The van der Waals surface area contributed by atoms with Crippen molar-refractivity contribution in [3.05, 3.63) is 0 Å². The van der Waals surface area contributed by atoms with E-state index in [1.165, 1.54) is 0 Å². The minimum Gasteiger partial charge on any atom is -0.180 e. The van der Waals surface area contributed by atoms with Gasteiger partial charge in [-0.15, -0.1) is 0 Å². The van der Waals surface area contributed by atoms with Gasteiger partial charge in [0.15, 0.2) is 0 Å². The third-order valence-electron chi connectivity index (χ3n) is 0.112. The van der Waals surface area contributed by atoms with Gasteiger partial charge in [0.2, 0.25) is 0 Å². The molecule has 0 aliphatic rings. The standard InChI is InChI=1S/C2H5SSi/c3-1-2-4/h3H,1-2H2. The van der Waals surface area contributed by atoms with Crippen molar-refractivity contribution >= 4 is 22.9 Å². The molecule has 4 heavy (non-hydrogen) atoms. The molecule has 0 aromatic carbocycles.